The highest BCUT2D eigenvalue weighted by Crippen LogP contribution is 2.45. The number of carbonyl (C=O) groups excluding carboxylic acids is 1. The van der Waals surface area contributed by atoms with Gasteiger partial charge in [-0.05, 0) is 88.0 Å². The van der Waals surface area contributed by atoms with Crippen LogP contribution in [-0.2, 0) is 25.3 Å². The van der Waals surface area contributed by atoms with Crippen molar-refractivity contribution in [2.24, 2.45) is 11.1 Å². The fraction of sp³-hybridized carbons (Fsp3) is 0.731. The molecule has 0 spiro atoms. The van der Waals surface area contributed by atoms with E-state index in [9.17, 15) is 9.00 Å². The first kappa shape index (κ1) is 28.4. The third kappa shape index (κ3) is 6.58. The number of rotatable bonds is 8. The summed E-state index contributed by atoms with van der Waals surface area (Å²) < 4.78 is 29.0. The molecule has 2 fully saturated rings. The molecule has 3 rings (SSSR count). The SMILES string of the molecule is COc1cc(C(C)C)c(Cl)cc1[C@H](CC(C)(C)S(N)=O)C1CCN(C(=O)C2COC(C)(C)O2)CC1. The normalized spacial score (nSPS) is 22.9. The van der Waals surface area contributed by atoms with E-state index in [-0.39, 0.29) is 30.3 Å². The molecule has 3 atom stereocenters. The van der Waals surface area contributed by atoms with Gasteiger partial charge in [-0.25, -0.2) is 4.21 Å². The summed E-state index contributed by atoms with van der Waals surface area (Å²) >= 11 is 6.71. The van der Waals surface area contributed by atoms with Crippen LogP contribution in [0.5, 0.6) is 5.75 Å². The zero-order chi connectivity index (χ0) is 26.1. The van der Waals surface area contributed by atoms with E-state index < -0.39 is 27.6 Å². The van der Waals surface area contributed by atoms with Crippen molar-refractivity contribution in [3.8, 4) is 5.75 Å². The Kier molecular flexibility index (Phi) is 8.96. The van der Waals surface area contributed by atoms with Gasteiger partial charge in [-0.2, -0.15) is 0 Å². The summed E-state index contributed by atoms with van der Waals surface area (Å²) in [6.07, 6.45) is 1.69. The number of piperidine rings is 1. The predicted octanol–water partition coefficient (Wildman–Crippen LogP) is 4.74. The second kappa shape index (κ2) is 11.1. The van der Waals surface area contributed by atoms with E-state index in [0.717, 1.165) is 29.7 Å². The second-order valence-corrected chi connectivity index (χ2v) is 13.2. The van der Waals surface area contributed by atoms with Crippen LogP contribution in [0.3, 0.4) is 0 Å². The van der Waals surface area contributed by atoms with E-state index >= 15 is 0 Å². The minimum atomic E-state index is -1.49. The molecule has 2 saturated heterocycles. The molecule has 35 heavy (non-hydrogen) atoms. The topological polar surface area (TPSA) is 91.1 Å². The van der Waals surface area contributed by atoms with Gasteiger partial charge in [0, 0.05) is 18.1 Å². The summed E-state index contributed by atoms with van der Waals surface area (Å²) in [5.74, 6) is 0.598. The van der Waals surface area contributed by atoms with Crippen molar-refractivity contribution >= 4 is 28.5 Å². The maximum absolute atomic E-state index is 13.0. The fourth-order valence-corrected chi connectivity index (χ4v) is 5.90. The van der Waals surface area contributed by atoms with Crippen LogP contribution < -0.4 is 9.88 Å². The number of ether oxygens (including phenoxy) is 3. The van der Waals surface area contributed by atoms with Gasteiger partial charge in [-0.15, -0.1) is 0 Å². The number of hydrogen-bond acceptors (Lipinski definition) is 5. The van der Waals surface area contributed by atoms with Crippen LogP contribution in [-0.4, -0.2) is 58.5 Å². The van der Waals surface area contributed by atoms with E-state index in [1.165, 1.54) is 0 Å². The molecule has 198 valence electrons. The molecule has 2 N–H and O–H groups in total. The van der Waals surface area contributed by atoms with Crippen LogP contribution in [0.4, 0.5) is 0 Å². The summed E-state index contributed by atoms with van der Waals surface area (Å²) in [5, 5.41) is 6.59. The van der Waals surface area contributed by atoms with Crippen molar-refractivity contribution in [1.29, 1.82) is 0 Å². The number of nitrogens with two attached hydrogens (primary N) is 1. The molecule has 9 heteroatoms. The standard InChI is InChI=1S/C26H41ClN2O5S/c1-16(2)18-13-22(32-7)19(12-21(18)27)20(14-25(3,4)35(28)31)17-8-10-29(11-9-17)24(30)23-15-33-26(5,6)34-23/h12-13,16-17,20,23H,8-11,14-15,28H2,1-7H3/t20-,23?,35?/m1/s1. The third-order valence-corrected chi connectivity index (χ3v) is 8.91. The molecule has 0 saturated carbocycles. The molecule has 2 unspecified atom stereocenters. The zero-order valence-corrected chi connectivity index (χ0v) is 23.6. The Labute approximate surface area is 217 Å². The molecule has 2 aliphatic rings. The van der Waals surface area contributed by atoms with Crippen molar-refractivity contribution in [3.05, 3.63) is 28.3 Å². The number of likely N-dealkylation sites (tertiary alicyclic amines) is 1. The van der Waals surface area contributed by atoms with Crippen LogP contribution in [0.2, 0.25) is 5.02 Å². The van der Waals surface area contributed by atoms with Crippen molar-refractivity contribution in [3.63, 3.8) is 0 Å². The van der Waals surface area contributed by atoms with Crippen molar-refractivity contribution in [2.75, 3.05) is 26.8 Å². The summed E-state index contributed by atoms with van der Waals surface area (Å²) in [7, 11) is 0.181. The van der Waals surface area contributed by atoms with Crippen molar-refractivity contribution in [2.45, 2.75) is 89.3 Å². The molecule has 2 aliphatic heterocycles. The quantitative estimate of drug-likeness (QED) is 0.526. The number of carbonyl (C=O) groups is 1. The molecule has 0 bridgehead atoms. The molecule has 0 aliphatic carbocycles. The van der Waals surface area contributed by atoms with Gasteiger partial charge >= 0.3 is 0 Å². The van der Waals surface area contributed by atoms with Gasteiger partial charge in [0.2, 0.25) is 0 Å². The number of methoxy groups -OCH3 is 1. The lowest BCUT2D eigenvalue weighted by atomic mass is 9.75. The van der Waals surface area contributed by atoms with Gasteiger partial charge in [0.1, 0.15) is 5.75 Å². The summed E-state index contributed by atoms with van der Waals surface area (Å²) in [6, 6.07) is 4.04. The van der Waals surface area contributed by atoms with E-state index in [4.69, 9.17) is 31.0 Å². The average molecular weight is 529 g/mol. The van der Waals surface area contributed by atoms with Crippen LogP contribution in [0, 0.1) is 5.92 Å². The van der Waals surface area contributed by atoms with E-state index in [2.05, 4.69) is 13.8 Å². The smallest absolute Gasteiger partial charge is 0.254 e. The van der Waals surface area contributed by atoms with Crippen LogP contribution in [0.15, 0.2) is 12.1 Å². The monoisotopic (exact) mass is 528 g/mol. The molecule has 7 nitrogen and oxygen atoms in total. The van der Waals surface area contributed by atoms with E-state index in [0.29, 0.717) is 24.5 Å². The average Bonchev–Trinajstić information content (AvgIpc) is 3.16. The first-order chi connectivity index (χ1) is 16.3. The van der Waals surface area contributed by atoms with E-state index in [1.807, 2.05) is 44.7 Å². The molecular formula is C26H41ClN2O5S. The van der Waals surface area contributed by atoms with Gasteiger partial charge in [-0.1, -0.05) is 25.4 Å². The Morgan fingerprint density at radius 2 is 1.91 bits per heavy atom. The summed E-state index contributed by atoms with van der Waals surface area (Å²) in [5.41, 5.74) is 2.05. The van der Waals surface area contributed by atoms with Gasteiger partial charge in [0.05, 0.1) is 29.4 Å². The molecule has 1 aromatic carbocycles. The minimum absolute atomic E-state index is 0.0177. The Morgan fingerprint density at radius 3 is 2.40 bits per heavy atom. The molecular weight excluding hydrogens is 488 g/mol. The Balaban J connectivity index is 1.85. The fourth-order valence-electron chi connectivity index (χ4n) is 5.17. The Bertz CT molecular complexity index is 944. The van der Waals surface area contributed by atoms with Crippen molar-refractivity contribution in [1.82, 2.24) is 4.90 Å². The van der Waals surface area contributed by atoms with Gasteiger partial charge in [0.25, 0.3) is 5.91 Å². The molecule has 1 amide bonds. The molecule has 0 aromatic heterocycles. The Hall–Kier alpha value is -1.19. The molecule has 1 aromatic rings. The lowest BCUT2D eigenvalue weighted by Gasteiger charge is -2.39. The van der Waals surface area contributed by atoms with Gasteiger partial charge in [-0.3, -0.25) is 9.93 Å². The third-order valence-electron chi connectivity index (χ3n) is 7.33. The molecule has 2 heterocycles. The van der Waals surface area contributed by atoms with Crippen LogP contribution >= 0.6 is 11.6 Å². The van der Waals surface area contributed by atoms with E-state index in [1.54, 1.807) is 7.11 Å². The van der Waals surface area contributed by atoms with Crippen LogP contribution in [0.1, 0.15) is 83.8 Å². The maximum Gasteiger partial charge on any atom is 0.254 e. The Morgan fingerprint density at radius 1 is 1.29 bits per heavy atom. The number of amides is 1. The number of nitrogens with zero attached hydrogens (tertiary/aromatic N) is 1. The highest BCUT2D eigenvalue weighted by molar-refractivity contribution is 7.84. The number of halogens is 1. The lowest BCUT2D eigenvalue weighted by molar-refractivity contribution is -0.161. The summed E-state index contributed by atoms with van der Waals surface area (Å²) in [6.45, 7) is 13.3. The molecule has 0 radical (unpaired) electrons. The summed E-state index contributed by atoms with van der Waals surface area (Å²) in [4.78, 5) is 14.9. The first-order valence-corrected chi connectivity index (χ1v) is 14.0. The van der Waals surface area contributed by atoms with Gasteiger partial charge < -0.3 is 19.1 Å². The largest absolute Gasteiger partial charge is 0.496 e. The van der Waals surface area contributed by atoms with Gasteiger partial charge in [0.15, 0.2) is 11.9 Å². The second-order valence-electron chi connectivity index (χ2n) is 11.1. The number of hydrogen-bond donors (Lipinski definition) is 1. The van der Waals surface area contributed by atoms with Crippen LogP contribution in [0.25, 0.3) is 0 Å². The maximum atomic E-state index is 13.0. The number of benzene rings is 1. The first-order valence-electron chi connectivity index (χ1n) is 12.4. The highest BCUT2D eigenvalue weighted by Gasteiger charge is 2.41. The predicted molar refractivity (Wildman–Crippen MR) is 140 cm³/mol. The lowest BCUT2D eigenvalue weighted by Crippen LogP contribution is -2.46. The highest BCUT2D eigenvalue weighted by atomic mass is 35.5. The minimum Gasteiger partial charge on any atom is -0.496 e. The van der Waals surface area contributed by atoms with Crippen molar-refractivity contribution < 1.29 is 23.2 Å². The zero-order valence-electron chi connectivity index (χ0n) is 22.1.